The third-order valence-electron chi connectivity index (χ3n) is 6.16. The van der Waals surface area contributed by atoms with Gasteiger partial charge in [-0.25, -0.2) is 0 Å². The van der Waals surface area contributed by atoms with Crippen molar-refractivity contribution in [2.75, 3.05) is 53.0 Å². The molecule has 2 N–H and O–H groups in total. The van der Waals surface area contributed by atoms with Gasteiger partial charge in [0.2, 0.25) is 5.91 Å². The van der Waals surface area contributed by atoms with E-state index in [4.69, 9.17) is 9.47 Å². The van der Waals surface area contributed by atoms with Gasteiger partial charge in [0.1, 0.15) is 17.4 Å². The van der Waals surface area contributed by atoms with Gasteiger partial charge in [0.25, 0.3) is 5.91 Å². The van der Waals surface area contributed by atoms with Gasteiger partial charge in [0, 0.05) is 31.9 Å². The first-order valence-corrected chi connectivity index (χ1v) is 10.2. The van der Waals surface area contributed by atoms with Crippen molar-refractivity contribution in [3.8, 4) is 5.75 Å². The maximum absolute atomic E-state index is 12.6. The second-order valence-corrected chi connectivity index (χ2v) is 8.44. The molecule has 8 nitrogen and oxygen atoms in total. The summed E-state index contributed by atoms with van der Waals surface area (Å²) in [6, 6.07) is 6.06. The summed E-state index contributed by atoms with van der Waals surface area (Å²) in [4.78, 5) is 28.9. The van der Waals surface area contributed by atoms with E-state index in [0.29, 0.717) is 44.3 Å². The molecule has 4 rings (SSSR count). The van der Waals surface area contributed by atoms with E-state index in [0.717, 1.165) is 26.1 Å². The highest BCUT2D eigenvalue weighted by molar-refractivity contribution is 5.95. The number of ether oxygens (including phenoxy) is 2. The van der Waals surface area contributed by atoms with Gasteiger partial charge in [-0.15, -0.1) is 0 Å². The number of benzene rings is 1. The SMILES string of the molecule is CN1CC2(CN(C(=O)c3cccc(O)c3)C2)OCC1C(=O)NCC1CCOCC1. The summed E-state index contributed by atoms with van der Waals surface area (Å²) in [5, 5.41) is 12.6. The quantitative estimate of drug-likeness (QED) is 0.759. The van der Waals surface area contributed by atoms with Gasteiger partial charge >= 0.3 is 0 Å². The van der Waals surface area contributed by atoms with E-state index in [1.165, 1.54) is 6.07 Å². The fraction of sp³-hybridized carbons (Fsp3) is 0.619. The lowest BCUT2D eigenvalue weighted by Crippen LogP contribution is -2.73. The largest absolute Gasteiger partial charge is 0.508 e. The second kappa shape index (κ2) is 8.30. The van der Waals surface area contributed by atoms with Gasteiger partial charge in [-0.05, 0) is 44.0 Å². The molecule has 3 saturated heterocycles. The molecule has 3 aliphatic rings. The van der Waals surface area contributed by atoms with Crippen LogP contribution in [0.4, 0.5) is 0 Å². The minimum Gasteiger partial charge on any atom is -0.508 e. The minimum absolute atomic E-state index is 0.000795. The molecule has 3 aliphatic heterocycles. The molecule has 2 amide bonds. The van der Waals surface area contributed by atoms with Crippen LogP contribution < -0.4 is 5.32 Å². The molecular weight excluding hydrogens is 374 g/mol. The number of carbonyl (C=O) groups excluding carboxylic acids is 2. The lowest BCUT2D eigenvalue weighted by atomic mass is 9.90. The first kappa shape index (κ1) is 20.1. The van der Waals surface area contributed by atoms with E-state index >= 15 is 0 Å². The average Bonchev–Trinajstić information content (AvgIpc) is 2.70. The molecule has 1 aromatic carbocycles. The van der Waals surface area contributed by atoms with Crippen LogP contribution in [0.2, 0.25) is 0 Å². The minimum atomic E-state index is -0.418. The molecule has 0 bridgehead atoms. The van der Waals surface area contributed by atoms with E-state index in [-0.39, 0.29) is 23.6 Å². The summed E-state index contributed by atoms with van der Waals surface area (Å²) in [5.74, 6) is 0.446. The molecule has 29 heavy (non-hydrogen) atoms. The van der Waals surface area contributed by atoms with Crippen molar-refractivity contribution in [2.24, 2.45) is 5.92 Å². The number of aromatic hydroxyl groups is 1. The molecule has 1 aromatic rings. The predicted molar refractivity (Wildman–Crippen MR) is 106 cm³/mol. The smallest absolute Gasteiger partial charge is 0.254 e. The second-order valence-electron chi connectivity index (χ2n) is 8.44. The van der Waals surface area contributed by atoms with Crippen LogP contribution in [0.25, 0.3) is 0 Å². The Bertz CT molecular complexity index is 758. The third-order valence-corrected chi connectivity index (χ3v) is 6.16. The van der Waals surface area contributed by atoms with Crippen LogP contribution in [0.1, 0.15) is 23.2 Å². The van der Waals surface area contributed by atoms with Crippen LogP contribution in [0.3, 0.4) is 0 Å². The number of phenolic OH excluding ortho intramolecular Hbond substituents is 1. The topological polar surface area (TPSA) is 91.3 Å². The molecule has 1 atom stereocenters. The predicted octanol–water partition coefficient (Wildman–Crippen LogP) is 0.460. The zero-order valence-corrected chi connectivity index (χ0v) is 16.8. The number of likely N-dealkylation sites (tertiary alicyclic amines) is 1. The zero-order chi connectivity index (χ0) is 20.4. The number of phenols is 1. The van der Waals surface area contributed by atoms with Gasteiger partial charge in [-0.2, -0.15) is 0 Å². The fourth-order valence-electron chi connectivity index (χ4n) is 4.39. The molecule has 158 valence electrons. The van der Waals surface area contributed by atoms with E-state index in [1.807, 2.05) is 11.9 Å². The monoisotopic (exact) mass is 403 g/mol. The van der Waals surface area contributed by atoms with Crippen LogP contribution >= 0.6 is 0 Å². The van der Waals surface area contributed by atoms with Crippen molar-refractivity contribution in [2.45, 2.75) is 24.5 Å². The Balaban J connectivity index is 1.26. The van der Waals surface area contributed by atoms with E-state index in [9.17, 15) is 14.7 Å². The standard InChI is InChI=1S/C21H29N3O5/c1-23-12-21(13-24(14-21)20(27)16-3-2-4-17(25)9-16)29-11-18(23)19(26)22-10-15-5-7-28-8-6-15/h2-4,9,15,18,25H,5-8,10-14H2,1H3,(H,22,26). The Hall–Kier alpha value is -2.16. The summed E-state index contributed by atoms with van der Waals surface area (Å²) in [6.07, 6.45) is 1.98. The highest BCUT2D eigenvalue weighted by atomic mass is 16.5. The van der Waals surface area contributed by atoms with Crippen molar-refractivity contribution >= 4 is 11.8 Å². The Kier molecular flexibility index (Phi) is 5.76. The first-order chi connectivity index (χ1) is 14.0. The molecule has 8 heteroatoms. The summed E-state index contributed by atoms with van der Waals surface area (Å²) >= 11 is 0. The highest BCUT2D eigenvalue weighted by Crippen LogP contribution is 2.32. The first-order valence-electron chi connectivity index (χ1n) is 10.2. The van der Waals surface area contributed by atoms with Crippen molar-refractivity contribution in [1.29, 1.82) is 0 Å². The molecule has 3 fully saturated rings. The third kappa shape index (κ3) is 4.39. The fourth-order valence-corrected chi connectivity index (χ4v) is 4.39. The number of carbonyl (C=O) groups is 2. The van der Waals surface area contributed by atoms with E-state index in [2.05, 4.69) is 5.32 Å². The maximum Gasteiger partial charge on any atom is 0.254 e. The number of hydrogen-bond acceptors (Lipinski definition) is 6. The molecule has 1 unspecified atom stereocenters. The normalized spacial score (nSPS) is 24.9. The number of hydrogen-bond donors (Lipinski definition) is 2. The van der Waals surface area contributed by atoms with Gasteiger partial charge < -0.3 is 24.8 Å². The molecule has 1 spiro atoms. The number of likely N-dealkylation sites (N-methyl/N-ethyl adjacent to an activating group) is 1. The molecule has 0 aromatic heterocycles. The van der Waals surface area contributed by atoms with Crippen LogP contribution in [-0.4, -0.2) is 91.4 Å². The lowest BCUT2D eigenvalue weighted by Gasteiger charge is -2.54. The van der Waals surface area contributed by atoms with Crippen molar-refractivity contribution in [3.05, 3.63) is 29.8 Å². The zero-order valence-electron chi connectivity index (χ0n) is 16.8. The lowest BCUT2D eigenvalue weighted by molar-refractivity contribution is -0.187. The molecule has 3 heterocycles. The van der Waals surface area contributed by atoms with Crippen LogP contribution in [0, 0.1) is 5.92 Å². The highest BCUT2D eigenvalue weighted by Gasteiger charge is 2.51. The Morgan fingerprint density at radius 1 is 1.24 bits per heavy atom. The van der Waals surface area contributed by atoms with Gasteiger partial charge in [-0.1, -0.05) is 6.07 Å². The number of rotatable bonds is 4. The number of nitrogens with one attached hydrogen (secondary N) is 1. The van der Waals surface area contributed by atoms with Crippen LogP contribution in [0.5, 0.6) is 5.75 Å². The van der Waals surface area contributed by atoms with Crippen molar-refractivity contribution in [1.82, 2.24) is 15.1 Å². The molecule has 0 saturated carbocycles. The average molecular weight is 403 g/mol. The van der Waals surface area contributed by atoms with Crippen LogP contribution in [0.15, 0.2) is 24.3 Å². The number of morpholine rings is 1. The Morgan fingerprint density at radius 3 is 2.69 bits per heavy atom. The maximum atomic E-state index is 12.6. The molecule has 0 radical (unpaired) electrons. The summed E-state index contributed by atoms with van der Waals surface area (Å²) in [5.41, 5.74) is 0.0491. The Labute approximate surface area is 170 Å². The Morgan fingerprint density at radius 2 is 2.00 bits per heavy atom. The molecular formula is C21H29N3O5. The molecule has 0 aliphatic carbocycles. The van der Waals surface area contributed by atoms with Crippen LogP contribution in [-0.2, 0) is 14.3 Å². The van der Waals surface area contributed by atoms with Crippen molar-refractivity contribution in [3.63, 3.8) is 0 Å². The van der Waals surface area contributed by atoms with Gasteiger partial charge in [-0.3, -0.25) is 14.5 Å². The van der Waals surface area contributed by atoms with Crippen molar-refractivity contribution < 1.29 is 24.2 Å². The van der Waals surface area contributed by atoms with Gasteiger partial charge in [0.05, 0.1) is 19.7 Å². The van der Waals surface area contributed by atoms with Gasteiger partial charge in [0.15, 0.2) is 0 Å². The van der Waals surface area contributed by atoms with E-state index in [1.54, 1.807) is 23.1 Å². The summed E-state index contributed by atoms with van der Waals surface area (Å²) in [7, 11) is 1.93. The van der Waals surface area contributed by atoms with E-state index < -0.39 is 5.60 Å². The summed E-state index contributed by atoms with van der Waals surface area (Å²) in [6.45, 7) is 4.13. The number of nitrogens with zero attached hydrogens (tertiary/aromatic N) is 2. The summed E-state index contributed by atoms with van der Waals surface area (Å²) < 4.78 is 11.4. The number of amides is 2.